The topological polar surface area (TPSA) is 39.4 Å². The molecule has 0 aliphatic carbocycles. The van der Waals surface area contributed by atoms with E-state index in [-0.39, 0.29) is 0 Å². The Bertz CT molecular complexity index is 990. The summed E-state index contributed by atoms with van der Waals surface area (Å²) in [7, 11) is 1.69. The Morgan fingerprint density at radius 1 is 1.17 bits per heavy atom. The smallest absolute Gasteiger partial charge is 0.143 e. The molecule has 1 aromatic carbocycles. The first-order valence-corrected chi connectivity index (χ1v) is 9.10. The first-order chi connectivity index (χ1) is 11.3. The van der Waals surface area contributed by atoms with Crippen molar-refractivity contribution in [1.29, 1.82) is 0 Å². The van der Waals surface area contributed by atoms with Crippen LogP contribution in [0.2, 0.25) is 0 Å². The molecule has 0 fully saturated rings. The Labute approximate surface area is 142 Å². The van der Waals surface area contributed by atoms with Gasteiger partial charge in [-0.15, -0.1) is 21.5 Å². The molecule has 3 heterocycles. The van der Waals surface area contributed by atoms with Crippen LogP contribution in [0.4, 0.5) is 0 Å². The molecule has 116 valence electrons. The average Bonchev–Trinajstić information content (AvgIpc) is 3.15. The fraction of sp³-hybridized carbons (Fsp3) is 0.176. The van der Waals surface area contributed by atoms with Crippen molar-refractivity contribution in [3.63, 3.8) is 0 Å². The lowest BCUT2D eigenvalue weighted by molar-refractivity contribution is 0.414. The minimum absolute atomic E-state index is 0.837. The van der Waals surface area contributed by atoms with E-state index in [9.17, 15) is 0 Å². The van der Waals surface area contributed by atoms with Gasteiger partial charge in [0.25, 0.3) is 0 Å². The molecule has 0 radical (unpaired) electrons. The first-order valence-electron chi connectivity index (χ1n) is 7.24. The number of aromatic nitrogens is 3. The van der Waals surface area contributed by atoms with E-state index in [0.29, 0.717) is 0 Å². The van der Waals surface area contributed by atoms with Gasteiger partial charge in [-0.05, 0) is 42.1 Å². The van der Waals surface area contributed by atoms with Crippen molar-refractivity contribution in [2.24, 2.45) is 0 Å². The number of methoxy groups -OCH3 is 1. The number of rotatable bonds is 4. The zero-order chi connectivity index (χ0) is 15.8. The van der Waals surface area contributed by atoms with Gasteiger partial charge in [0.1, 0.15) is 16.6 Å². The highest BCUT2D eigenvalue weighted by Crippen LogP contribution is 2.32. The zero-order valence-electron chi connectivity index (χ0n) is 12.8. The fourth-order valence-electron chi connectivity index (χ4n) is 2.66. The number of fused-ring (bicyclic) bond motifs is 3. The summed E-state index contributed by atoms with van der Waals surface area (Å²) in [5.74, 6) is 2.63. The van der Waals surface area contributed by atoms with Gasteiger partial charge in [-0.2, -0.15) is 0 Å². The molecule has 0 unspecified atom stereocenters. The zero-order valence-corrected chi connectivity index (χ0v) is 14.4. The molecule has 23 heavy (non-hydrogen) atoms. The van der Waals surface area contributed by atoms with Crippen LogP contribution in [0.25, 0.3) is 15.7 Å². The lowest BCUT2D eigenvalue weighted by atomic mass is 10.2. The summed E-state index contributed by atoms with van der Waals surface area (Å²) < 4.78 is 8.74. The second-order valence-corrected chi connectivity index (χ2v) is 7.14. The lowest BCUT2D eigenvalue weighted by Gasteiger charge is -2.07. The predicted molar refractivity (Wildman–Crippen MR) is 95.7 cm³/mol. The molecule has 0 saturated carbocycles. The van der Waals surface area contributed by atoms with E-state index in [2.05, 4.69) is 44.2 Å². The SMILES string of the molecule is COc1cccc(CSc2nnc(C)n3c2cc2sccc23)c1. The number of thioether (sulfide) groups is 1. The summed E-state index contributed by atoms with van der Waals surface area (Å²) in [4.78, 5) is 0. The third kappa shape index (κ3) is 2.58. The van der Waals surface area contributed by atoms with Crippen molar-refractivity contribution in [2.45, 2.75) is 17.7 Å². The number of aryl methyl sites for hydroxylation is 1. The van der Waals surface area contributed by atoms with Crippen LogP contribution in [0.3, 0.4) is 0 Å². The van der Waals surface area contributed by atoms with Crippen LogP contribution in [-0.4, -0.2) is 21.7 Å². The minimum atomic E-state index is 0.837. The number of hydrogen-bond donors (Lipinski definition) is 0. The number of benzene rings is 1. The van der Waals surface area contributed by atoms with E-state index in [1.165, 1.54) is 15.8 Å². The van der Waals surface area contributed by atoms with Gasteiger partial charge in [0, 0.05) is 5.75 Å². The van der Waals surface area contributed by atoms with Crippen molar-refractivity contribution in [2.75, 3.05) is 7.11 Å². The third-order valence-corrected chi connectivity index (χ3v) is 5.66. The van der Waals surface area contributed by atoms with E-state index in [1.54, 1.807) is 30.2 Å². The van der Waals surface area contributed by atoms with Gasteiger partial charge in [0.05, 0.1) is 22.8 Å². The predicted octanol–water partition coefficient (Wildman–Crippen LogP) is 4.55. The number of nitrogens with zero attached hydrogens (tertiary/aromatic N) is 3. The Balaban J connectivity index is 1.70. The molecule has 0 bridgehead atoms. The third-order valence-electron chi connectivity index (χ3n) is 3.76. The summed E-state index contributed by atoms with van der Waals surface area (Å²) in [5.41, 5.74) is 3.55. The molecular formula is C17H15N3OS2. The van der Waals surface area contributed by atoms with Gasteiger partial charge in [-0.1, -0.05) is 23.9 Å². The van der Waals surface area contributed by atoms with Gasteiger partial charge in [-0.3, -0.25) is 4.40 Å². The van der Waals surface area contributed by atoms with E-state index in [4.69, 9.17) is 4.74 Å². The minimum Gasteiger partial charge on any atom is -0.497 e. The maximum Gasteiger partial charge on any atom is 0.143 e. The van der Waals surface area contributed by atoms with Gasteiger partial charge in [0.15, 0.2) is 0 Å². The molecule has 6 heteroatoms. The maximum atomic E-state index is 5.28. The summed E-state index contributed by atoms with van der Waals surface area (Å²) in [6.07, 6.45) is 0. The summed E-state index contributed by atoms with van der Waals surface area (Å²) in [6, 6.07) is 12.5. The number of hydrogen-bond acceptors (Lipinski definition) is 5. The van der Waals surface area contributed by atoms with E-state index < -0.39 is 0 Å². The normalized spacial score (nSPS) is 11.4. The van der Waals surface area contributed by atoms with Crippen LogP contribution in [0.1, 0.15) is 11.4 Å². The molecule has 0 saturated heterocycles. The van der Waals surface area contributed by atoms with Crippen LogP contribution >= 0.6 is 23.1 Å². The molecule has 0 aliphatic heterocycles. The average molecular weight is 341 g/mol. The summed E-state index contributed by atoms with van der Waals surface area (Å²) in [5, 5.41) is 11.8. The summed E-state index contributed by atoms with van der Waals surface area (Å²) >= 11 is 3.45. The Morgan fingerprint density at radius 3 is 2.96 bits per heavy atom. The molecule has 0 atom stereocenters. The van der Waals surface area contributed by atoms with Crippen LogP contribution in [0.5, 0.6) is 5.75 Å². The van der Waals surface area contributed by atoms with Gasteiger partial charge in [0.2, 0.25) is 0 Å². The molecule has 4 nitrogen and oxygen atoms in total. The van der Waals surface area contributed by atoms with Gasteiger partial charge >= 0.3 is 0 Å². The maximum absolute atomic E-state index is 5.28. The molecular weight excluding hydrogens is 326 g/mol. The molecule has 0 amide bonds. The number of thiophene rings is 1. The fourth-order valence-corrected chi connectivity index (χ4v) is 4.34. The molecule has 4 rings (SSSR count). The van der Waals surface area contributed by atoms with E-state index in [1.807, 2.05) is 19.1 Å². The Kier molecular flexibility index (Phi) is 3.71. The van der Waals surface area contributed by atoms with Gasteiger partial charge in [-0.25, -0.2) is 0 Å². The molecule has 0 spiro atoms. The highest BCUT2D eigenvalue weighted by molar-refractivity contribution is 7.98. The van der Waals surface area contributed by atoms with Crippen LogP contribution in [0, 0.1) is 6.92 Å². The molecule has 4 aromatic rings. The molecule has 0 N–H and O–H groups in total. The van der Waals surface area contributed by atoms with E-state index in [0.717, 1.165) is 27.9 Å². The van der Waals surface area contributed by atoms with Crippen molar-refractivity contribution >= 4 is 38.8 Å². The second-order valence-electron chi connectivity index (χ2n) is 5.23. The van der Waals surface area contributed by atoms with Crippen molar-refractivity contribution < 1.29 is 4.74 Å². The van der Waals surface area contributed by atoms with Crippen LogP contribution < -0.4 is 4.74 Å². The van der Waals surface area contributed by atoms with Crippen LogP contribution in [0.15, 0.2) is 46.8 Å². The molecule has 0 aliphatic rings. The molecule has 3 aromatic heterocycles. The largest absolute Gasteiger partial charge is 0.497 e. The second kappa shape index (κ2) is 5.86. The van der Waals surface area contributed by atoms with Crippen LogP contribution in [-0.2, 0) is 5.75 Å². The standard InChI is InChI=1S/C17H15N3OS2/c1-11-18-19-17(15-9-16-14(20(11)15)6-7-22-16)23-10-12-4-3-5-13(8-12)21-2/h3-9H,10H2,1-2H3. The Morgan fingerprint density at radius 2 is 2.09 bits per heavy atom. The first kappa shape index (κ1) is 14.5. The van der Waals surface area contributed by atoms with Crippen molar-refractivity contribution in [3.05, 3.63) is 53.2 Å². The lowest BCUT2D eigenvalue weighted by Crippen LogP contribution is -1.99. The summed E-state index contributed by atoms with van der Waals surface area (Å²) in [6.45, 7) is 1.99. The van der Waals surface area contributed by atoms with Crippen molar-refractivity contribution in [3.8, 4) is 5.75 Å². The number of ether oxygens (including phenoxy) is 1. The van der Waals surface area contributed by atoms with Crippen molar-refractivity contribution in [1.82, 2.24) is 14.6 Å². The van der Waals surface area contributed by atoms with Gasteiger partial charge < -0.3 is 4.74 Å². The Hall–Kier alpha value is -2.05. The monoisotopic (exact) mass is 341 g/mol. The highest BCUT2D eigenvalue weighted by Gasteiger charge is 2.12. The highest BCUT2D eigenvalue weighted by atomic mass is 32.2. The van der Waals surface area contributed by atoms with E-state index >= 15 is 0 Å². The quantitative estimate of drug-likeness (QED) is 0.510.